The van der Waals surface area contributed by atoms with Gasteiger partial charge in [0.25, 0.3) is 0 Å². The molecule has 0 spiro atoms. The molecule has 1 aliphatic carbocycles. The van der Waals surface area contributed by atoms with Crippen LogP contribution in [0.4, 0.5) is 5.13 Å². The first-order valence-corrected chi connectivity index (χ1v) is 10.4. The fraction of sp³-hybridized carbons (Fsp3) is 0.471. The number of hydrogen-bond donors (Lipinski definition) is 1. The highest BCUT2D eigenvalue weighted by Crippen LogP contribution is 2.40. The van der Waals surface area contributed by atoms with E-state index in [0.29, 0.717) is 39.9 Å². The van der Waals surface area contributed by atoms with Crippen LogP contribution in [0, 0.1) is 6.92 Å². The quantitative estimate of drug-likeness (QED) is 0.387. The minimum atomic E-state index is -0.424. The molecule has 0 aromatic carbocycles. The molecule has 0 saturated heterocycles. The molecule has 8 nitrogen and oxygen atoms in total. The van der Waals surface area contributed by atoms with E-state index in [4.69, 9.17) is 4.74 Å². The Labute approximate surface area is 165 Å². The molecule has 1 fully saturated rings. The first-order chi connectivity index (χ1) is 13.0. The molecule has 0 radical (unpaired) electrons. The second-order valence-corrected chi connectivity index (χ2v) is 7.95. The molecule has 1 amide bonds. The third-order valence-corrected chi connectivity index (χ3v) is 5.86. The summed E-state index contributed by atoms with van der Waals surface area (Å²) < 4.78 is 6.99. The summed E-state index contributed by atoms with van der Waals surface area (Å²) in [5.74, 6) is 0.971. The monoisotopic (exact) mass is 407 g/mol. The predicted octanol–water partition coefficient (Wildman–Crippen LogP) is 3.01. The molecule has 27 heavy (non-hydrogen) atoms. The maximum Gasteiger partial charge on any atom is 0.350 e. The lowest BCUT2D eigenvalue weighted by molar-refractivity contribution is -0.113. The van der Waals surface area contributed by atoms with Crippen LogP contribution >= 0.6 is 23.1 Å². The van der Waals surface area contributed by atoms with Crippen LogP contribution in [0.15, 0.2) is 17.8 Å². The summed E-state index contributed by atoms with van der Waals surface area (Å²) in [6.45, 7) is 8.15. The van der Waals surface area contributed by atoms with Gasteiger partial charge in [-0.15, -0.1) is 16.8 Å². The lowest BCUT2D eigenvalue weighted by Crippen LogP contribution is -2.14. The van der Waals surface area contributed by atoms with Crippen molar-refractivity contribution in [3.63, 3.8) is 0 Å². The fourth-order valence-electron chi connectivity index (χ4n) is 2.47. The Morgan fingerprint density at radius 1 is 1.44 bits per heavy atom. The van der Waals surface area contributed by atoms with E-state index < -0.39 is 5.97 Å². The number of amides is 1. The molecule has 10 heteroatoms. The number of aromatic nitrogens is 4. The smallest absolute Gasteiger partial charge is 0.350 e. The zero-order chi connectivity index (χ0) is 19.4. The van der Waals surface area contributed by atoms with Crippen LogP contribution in [0.5, 0.6) is 0 Å². The number of aryl methyl sites for hydroxylation is 1. The highest BCUT2D eigenvalue weighted by atomic mass is 32.2. The zero-order valence-electron chi connectivity index (χ0n) is 15.2. The molecule has 0 bridgehead atoms. The van der Waals surface area contributed by atoms with E-state index in [1.165, 1.54) is 11.8 Å². The normalized spacial score (nSPS) is 13.4. The average Bonchev–Trinajstić information content (AvgIpc) is 3.30. The van der Waals surface area contributed by atoms with E-state index >= 15 is 0 Å². The third kappa shape index (κ3) is 4.75. The average molecular weight is 408 g/mol. The standard InChI is InChI=1S/C17H21N5O3S2/c1-4-8-22-14(11-6-7-11)20-21-17(22)26-9-12(23)19-16-18-10(3)13(27-16)15(24)25-5-2/h4,11H,1,5-9H2,2-3H3,(H,18,19,23). The molecule has 1 saturated carbocycles. The number of thiazole rings is 1. The maximum atomic E-state index is 12.3. The number of carbonyl (C=O) groups is 2. The first-order valence-electron chi connectivity index (χ1n) is 8.64. The summed E-state index contributed by atoms with van der Waals surface area (Å²) >= 11 is 2.43. The Balaban J connectivity index is 1.60. The molecule has 0 aliphatic heterocycles. The van der Waals surface area contributed by atoms with Gasteiger partial charge in [-0.3, -0.25) is 4.79 Å². The second kappa shape index (κ2) is 8.66. The zero-order valence-corrected chi connectivity index (χ0v) is 16.9. The molecule has 144 valence electrons. The molecular formula is C17H21N5O3S2. The van der Waals surface area contributed by atoms with Gasteiger partial charge in [0, 0.05) is 12.5 Å². The lowest BCUT2D eigenvalue weighted by atomic mass is 10.4. The molecule has 2 aromatic rings. The minimum Gasteiger partial charge on any atom is -0.462 e. The number of nitrogens with one attached hydrogen (secondary N) is 1. The van der Waals surface area contributed by atoms with Crippen LogP contribution in [0.3, 0.4) is 0 Å². The van der Waals surface area contributed by atoms with Gasteiger partial charge in [0.05, 0.1) is 18.1 Å². The van der Waals surface area contributed by atoms with Crippen LogP contribution in [0.2, 0.25) is 0 Å². The summed E-state index contributed by atoms with van der Waals surface area (Å²) in [7, 11) is 0. The molecule has 0 atom stereocenters. The van der Waals surface area contributed by atoms with E-state index in [1.54, 1.807) is 19.9 Å². The van der Waals surface area contributed by atoms with Crippen molar-refractivity contribution in [2.24, 2.45) is 0 Å². The molecule has 3 rings (SSSR count). The van der Waals surface area contributed by atoms with Gasteiger partial charge in [-0.2, -0.15) is 0 Å². The minimum absolute atomic E-state index is 0.174. The van der Waals surface area contributed by atoms with Gasteiger partial charge in [0.1, 0.15) is 10.7 Å². The van der Waals surface area contributed by atoms with Gasteiger partial charge in [-0.1, -0.05) is 29.2 Å². The lowest BCUT2D eigenvalue weighted by Gasteiger charge is -2.06. The van der Waals surface area contributed by atoms with Crippen molar-refractivity contribution < 1.29 is 14.3 Å². The third-order valence-electron chi connectivity index (χ3n) is 3.84. The van der Waals surface area contributed by atoms with Crippen molar-refractivity contribution in [2.75, 3.05) is 17.7 Å². The molecule has 0 unspecified atom stereocenters. The molecule has 1 aliphatic rings. The Morgan fingerprint density at radius 2 is 2.22 bits per heavy atom. The van der Waals surface area contributed by atoms with Gasteiger partial charge in [0.2, 0.25) is 5.91 Å². The SMILES string of the molecule is C=CCn1c(SCC(=O)Nc2nc(C)c(C(=O)OCC)s2)nnc1C1CC1. The van der Waals surface area contributed by atoms with Crippen LogP contribution in [0.25, 0.3) is 0 Å². The van der Waals surface area contributed by atoms with Crippen molar-refractivity contribution in [3.05, 3.63) is 29.1 Å². The number of rotatable bonds is 9. The number of thioether (sulfide) groups is 1. The Hall–Kier alpha value is -2.20. The van der Waals surface area contributed by atoms with Gasteiger partial charge in [-0.05, 0) is 26.7 Å². The summed E-state index contributed by atoms with van der Waals surface area (Å²) in [4.78, 5) is 28.7. The van der Waals surface area contributed by atoms with E-state index in [0.717, 1.165) is 30.0 Å². The number of esters is 1. The van der Waals surface area contributed by atoms with Crippen molar-refractivity contribution in [1.82, 2.24) is 19.7 Å². The van der Waals surface area contributed by atoms with Crippen molar-refractivity contribution in [1.29, 1.82) is 0 Å². The van der Waals surface area contributed by atoms with Gasteiger partial charge >= 0.3 is 5.97 Å². The maximum absolute atomic E-state index is 12.3. The van der Waals surface area contributed by atoms with Crippen molar-refractivity contribution in [3.8, 4) is 0 Å². The Kier molecular flexibility index (Phi) is 6.27. The summed E-state index contributed by atoms with van der Waals surface area (Å²) in [6, 6.07) is 0. The largest absolute Gasteiger partial charge is 0.462 e. The number of hydrogen-bond acceptors (Lipinski definition) is 8. The van der Waals surface area contributed by atoms with E-state index in [-0.39, 0.29) is 11.7 Å². The van der Waals surface area contributed by atoms with Crippen molar-refractivity contribution in [2.45, 2.75) is 44.3 Å². The number of anilines is 1. The van der Waals surface area contributed by atoms with Crippen LogP contribution in [0.1, 0.15) is 46.9 Å². The fourth-order valence-corrected chi connectivity index (χ4v) is 4.10. The highest BCUT2D eigenvalue weighted by Gasteiger charge is 2.30. The number of ether oxygens (including phenoxy) is 1. The first kappa shape index (κ1) is 19.6. The Bertz CT molecular complexity index is 857. The van der Waals surface area contributed by atoms with Gasteiger partial charge in [-0.25, -0.2) is 9.78 Å². The van der Waals surface area contributed by atoms with Crippen LogP contribution in [-0.2, 0) is 16.1 Å². The van der Waals surface area contributed by atoms with Crippen molar-refractivity contribution >= 4 is 40.1 Å². The predicted molar refractivity (Wildman–Crippen MR) is 104 cm³/mol. The number of carbonyl (C=O) groups excluding carboxylic acids is 2. The number of allylic oxidation sites excluding steroid dienone is 1. The summed E-state index contributed by atoms with van der Waals surface area (Å²) in [5, 5.41) is 12.3. The van der Waals surface area contributed by atoms with E-state index in [2.05, 4.69) is 27.1 Å². The van der Waals surface area contributed by atoms with E-state index in [9.17, 15) is 9.59 Å². The molecule has 2 heterocycles. The van der Waals surface area contributed by atoms with Gasteiger partial charge < -0.3 is 14.6 Å². The number of nitrogens with zero attached hydrogens (tertiary/aromatic N) is 4. The van der Waals surface area contributed by atoms with Crippen LogP contribution in [-0.4, -0.2) is 44.0 Å². The summed E-state index contributed by atoms with van der Waals surface area (Å²) in [6.07, 6.45) is 4.06. The topological polar surface area (TPSA) is 99.0 Å². The van der Waals surface area contributed by atoms with Gasteiger partial charge in [0.15, 0.2) is 10.3 Å². The molecule has 1 N–H and O–H groups in total. The second-order valence-electron chi connectivity index (χ2n) is 6.01. The molecular weight excluding hydrogens is 386 g/mol. The van der Waals surface area contributed by atoms with E-state index in [1.807, 2.05) is 4.57 Å². The Morgan fingerprint density at radius 3 is 2.89 bits per heavy atom. The molecule has 2 aromatic heterocycles. The highest BCUT2D eigenvalue weighted by molar-refractivity contribution is 7.99. The summed E-state index contributed by atoms with van der Waals surface area (Å²) in [5.41, 5.74) is 0.543. The van der Waals surface area contributed by atoms with Crippen LogP contribution < -0.4 is 5.32 Å².